The molecule has 0 spiro atoms. The van der Waals surface area contributed by atoms with Crippen molar-refractivity contribution in [3.63, 3.8) is 0 Å². The van der Waals surface area contributed by atoms with E-state index in [0.717, 1.165) is 26.6 Å². The number of hydrogen-bond acceptors (Lipinski definition) is 5. The Morgan fingerprint density at radius 1 is 1.15 bits per heavy atom. The minimum absolute atomic E-state index is 0.223. The molecular weight excluding hydrogens is 382 g/mol. The molecule has 0 aliphatic rings. The molecule has 3 aromatic rings. The first-order valence-corrected chi connectivity index (χ1v) is 11.2. The van der Waals surface area contributed by atoms with E-state index in [9.17, 15) is 13.2 Å². The average Bonchev–Trinajstić information content (AvgIpc) is 2.88. The van der Waals surface area contributed by atoms with Crippen molar-refractivity contribution in [2.75, 3.05) is 12.9 Å². The molecule has 0 aliphatic heterocycles. The van der Waals surface area contributed by atoms with Gasteiger partial charge in [0.2, 0.25) is 0 Å². The molecule has 7 heteroatoms. The van der Waals surface area contributed by atoms with Crippen molar-refractivity contribution in [2.45, 2.75) is 35.1 Å². The van der Waals surface area contributed by atoms with Gasteiger partial charge in [0.25, 0.3) is 0 Å². The lowest BCUT2D eigenvalue weighted by Crippen LogP contribution is -2.08. The Hall–Kier alpha value is -2.25. The van der Waals surface area contributed by atoms with Crippen LogP contribution in [0.1, 0.15) is 18.1 Å². The third-order valence-corrected chi connectivity index (χ3v) is 6.59. The highest BCUT2D eigenvalue weighted by Gasteiger charge is 2.18. The van der Waals surface area contributed by atoms with E-state index >= 15 is 0 Å². The number of benzene rings is 1. The Morgan fingerprint density at radius 3 is 2.48 bits per heavy atom. The SMILES string of the molecule is CCOC(=O)Cc1c(C)c(Sc2ccc(S(C)(=O)=O)cc2)n2ccccc12. The molecule has 0 amide bonds. The molecule has 0 saturated heterocycles. The number of esters is 1. The summed E-state index contributed by atoms with van der Waals surface area (Å²) >= 11 is 1.54. The molecule has 2 aromatic heterocycles. The van der Waals surface area contributed by atoms with Gasteiger partial charge < -0.3 is 9.14 Å². The van der Waals surface area contributed by atoms with Crippen LogP contribution in [0.2, 0.25) is 0 Å². The van der Waals surface area contributed by atoms with Gasteiger partial charge in [-0.1, -0.05) is 17.8 Å². The Balaban J connectivity index is 1.99. The topological polar surface area (TPSA) is 64.9 Å². The summed E-state index contributed by atoms with van der Waals surface area (Å²) < 4.78 is 30.4. The van der Waals surface area contributed by atoms with E-state index in [2.05, 4.69) is 4.40 Å². The lowest BCUT2D eigenvalue weighted by Gasteiger charge is -2.05. The Bertz CT molecular complexity index is 1080. The van der Waals surface area contributed by atoms with E-state index < -0.39 is 9.84 Å². The second-order valence-electron chi connectivity index (χ2n) is 6.19. The van der Waals surface area contributed by atoms with E-state index in [0.29, 0.717) is 11.5 Å². The van der Waals surface area contributed by atoms with Gasteiger partial charge in [-0.15, -0.1) is 0 Å². The first-order valence-electron chi connectivity index (χ1n) is 8.53. The van der Waals surface area contributed by atoms with E-state index in [4.69, 9.17) is 4.74 Å². The molecule has 1 aromatic carbocycles. The smallest absolute Gasteiger partial charge is 0.310 e. The minimum Gasteiger partial charge on any atom is -0.466 e. The molecule has 0 bridgehead atoms. The predicted molar refractivity (Wildman–Crippen MR) is 106 cm³/mol. The molecule has 2 heterocycles. The summed E-state index contributed by atoms with van der Waals surface area (Å²) in [5.41, 5.74) is 2.94. The number of carbonyl (C=O) groups excluding carboxylic acids is 1. The fraction of sp³-hybridized carbons (Fsp3) is 0.250. The van der Waals surface area contributed by atoms with Crippen LogP contribution in [0.25, 0.3) is 5.52 Å². The van der Waals surface area contributed by atoms with E-state index in [1.165, 1.54) is 6.26 Å². The Kier molecular flexibility index (Phi) is 5.62. The average molecular weight is 404 g/mol. The fourth-order valence-electron chi connectivity index (χ4n) is 2.94. The third kappa shape index (κ3) is 4.20. The summed E-state index contributed by atoms with van der Waals surface area (Å²) in [5.74, 6) is -0.244. The van der Waals surface area contributed by atoms with Crippen LogP contribution >= 0.6 is 11.8 Å². The number of carbonyl (C=O) groups is 1. The number of sulfone groups is 1. The van der Waals surface area contributed by atoms with Gasteiger partial charge in [0, 0.05) is 17.3 Å². The molecule has 0 fully saturated rings. The fourth-order valence-corrected chi connectivity index (χ4v) is 4.60. The minimum atomic E-state index is -3.22. The van der Waals surface area contributed by atoms with Crippen molar-refractivity contribution in [3.8, 4) is 0 Å². The van der Waals surface area contributed by atoms with Gasteiger partial charge in [-0.25, -0.2) is 8.42 Å². The lowest BCUT2D eigenvalue weighted by molar-refractivity contribution is -0.142. The summed E-state index contributed by atoms with van der Waals surface area (Å²) in [6, 6.07) is 12.7. The second-order valence-corrected chi connectivity index (χ2v) is 9.27. The molecule has 0 aliphatic carbocycles. The van der Waals surface area contributed by atoms with Crippen molar-refractivity contribution in [1.82, 2.24) is 4.40 Å². The predicted octanol–water partition coefficient (Wildman–Crippen LogP) is 3.91. The standard InChI is InChI=1S/C20H21NO4S2/c1-4-25-19(22)13-17-14(2)20(21-12-6-5-7-18(17)21)26-15-8-10-16(11-9-15)27(3,23)24/h5-12H,4,13H2,1-3H3. The third-order valence-electron chi connectivity index (χ3n) is 4.25. The van der Waals surface area contributed by atoms with Crippen LogP contribution in [0.4, 0.5) is 0 Å². The van der Waals surface area contributed by atoms with Crippen molar-refractivity contribution >= 4 is 33.1 Å². The monoisotopic (exact) mass is 403 g/mol. The summed E-state index contributed by atoms with van der Waals surface area (Å²) in [6.45, 7) is 4.15. The maximum absolute atomic E-state index is 12.0. The molecule has 0 N–H and O–H groups in total. The molecule has 0 unspecified atom stereocenters. The number of aromatic nitrogens is 1. The van der Waals surface area contributed by atoms with Gasteiger partial charge in [0.05, 0.1) is 28.5 Å². The molecular formula is C20H21NO4S2. The van der Waals surface area contributed by atoms with E-state index in [1.807, 2.05) is 31.3 Å². The van der Waals surface area contributed by atoms with Gasteiger partial charge in [-0.2, -0.15) is 0 Å². The summed E-state index contributed by atoms with van der Waals surface area (Å²) in [6.07, 6.45) is 3.38. The Labute approximate surface area is 163 Å². The molecule has 27 heavy (non-hydrogen) atoms. The first-order chi connectivity index (χ1) is 12.8. The van der Waals surface area contributed by atoms with Crippen molar-refractivity contribution in [1.29, 1.82) is 0 Å². The van der Waals surface area contributed by atoms with Gasteiger partial charge in [-0.05, 0) is 61.4 Å². The number of fused-ring (bicyclic) bond motifs is 1. The van der Waals surface area contributed by atoms with Crippen LogP contribution in [0, 0.1) is 6.92 Å². The van der Waals surface area contributed by atoms with Gasteiger partial charge in [-0.3, -0.25) is 4.79 Å². The summed E-state index contributed by atoms with van der Waals surface area (Å²) in [7, 11) is -3.22. The maximum Gasteiger partial charge on any atom is 0.310 e. The number of pyridine rings is 1. The van der Waals surface area contributed by atoms with Gasteiger partial charge in [0.1, 0.15) is 0 Å². The van der Waals surface area contributed by atoms with Gasteiger partial charge >= 0.3 is 5.97 Å². The quantitative estimate of drug-likeness (QED) is 0.584. The summed E-state index contributed by atoms with van der Waals surface area (Å²) in [5, 5.41) is 0.997. The van der Waals surface area contributed by atoms with Crippen LogP contribution in [-0.4, -0.2) is 31.7 Å². The molecule has 5 nitrogen and oxygen atoms in total. The van der Waals surface area contributed by atoms with Crippen molar-refractivity contribution < 1.29 is 17.9 Å². The van der Waals surface area contributed by atoms with Crippen molar-refractivity contribution in [3.05, 3.63) is 59.8 Å². The largest absolute Gasteiger partial charge is 0.466 e. The second kappa shape index (κ2) is 7.78. The zero-order valence-corrected chi connectivity index (χ0v) is 17.1. The molecule has 0 radical (unpaired) electrons. The number of rotatable bonds is 6. The maximum atomic E-state index is 12.0. The molecule has 0 saturated carbocycles. The van der Waals surface area contributed by atoms with Gasteiger partial charge in [0.15, 0.2) is 9.84 Å². The Morgan fingerprint density at radius 2 is 1.85 bits per heavy atom. The highest BCUT2D eigenvalue weighted by molar-refractivity contribution is 7.99. The molecule has 3 rings (SSSR count). The van der Waals surface area contributed by atoms with Crippen LogP contribution < -0.4 is 0 Å². The summed E-state index contributed by atoms with van der Waals surface area (Å²) in [4.78, 5) is 13.2. The van der Waals surface area contributed by atoms with E-state index in [1.54, 1.807) is 43.0 Å². The highest BCUT2D eigenvalue weighted by atomic mass is 32.2. The lowest BCUT2D eigenvalue weighted by atomic mass is 10.1. The number of nitrogens with zero attached hydrogens (tertiary/aromatic N) is 1. The zero-order chi connectivity index (χ0) is 19.6. The molecule has 142 valence electrons. The number of hydrogen-bond donors (Lipinski definition) is 0. The van der Waals surface area contributed by atoms with Crippen molar-refractivity contribution in [2.24, 2.45) is 0 Å². The van der Waals surface area contributed by atoms with Crippen LogP contribution in [0.5, 0.6) is 0 Å². The zero-order valence-electron chi connectivity index (χ0n) is 15.4. The van der Waals surface area contributed by atoms with E-state index in [-0.39, 0.29) is 12.4 Å². The van der Waals surface area contributed by atoms with Crippen LogP contribution in [0.3, 0.4) is 0 Å². The normalized spacial score (nSPS) is 11.7. The van der Waals surface area contributed by atoms with Crippen LogP contribution in [0.15, 0.2) is 63.5 Å². The first kappa shape index (κ1) is 19.5. The number of ether oxygens (including phenoxy) is 1. The highest BCUT2D eigenvalue weighted by Crippen LogP contribution is 2.36. The molecule has 0 atom stereocenters. The van der Waals surface area contributed by atoms with Crippen LogP contribution in [-0.2, 0) is 25.8 Å².